The van der Waals surface area contributed by atoms with Gasteiger partial charge in [0.25, 0.3) is 0 Å². The molecule has 0 aromatic carbocycles. The topological polar surface area (TPSA) is 93.1 Å². The van der Waals surface area contributed by atoms with Gasteiger partial charge in [0, 0.05) is 6.54 Å². The second kappa shape index (κ2) is 6.89. The Bertz CT molecular complexity index is 424. The summed E-state index contributed by atoms with van der Waals surface area (Å²) in [5.41, 5.74) is 0. The van der Waals surface area contributed by atoms with Crippen molar-refractivity contribution in [1.82, 2.24) is 4.90 Å². The molecule has 0 spiro atoms. The van der Waals surface area contributed by atoms with Crippen molar-refractivity contribution >= 4 is 17.8 Å². The second-order valence-electron chi connectivity index (χ2n) is 5.48. The first-order valence-electron chi connectivity index (χ1n) is 7.25. The van der Waals surface area contributed by atoms with E-state index in [1.807, 2.05) is 0 Å². The van der Waals surface area contributed by atoms with Crippen molar-refractivity contribution in [2.45, 2.75) is 31.7 Å². The molecule has 2 rings (SSSR count). The standard InChI is InChI=1S/C14H21NO6/c1-20-14(19)11-8-21-7-6-15(11)12(16)9-4-2-3-5-10(9)13(17)18/h9-11H,2-8H2,1H3,(H,17,18)/t9-,10+,11?/m1/s1. The molecule has 1 heterocycles. The van der Waals surface area contributed by atoms with E-state index in [2.05, 4.69) is 0 Å². The molecule has 1 aliphatic heterocycles. The fraction of sp³-hybridized carbons (Fsp3) is 0.786. The molecular formula is C14H21NO6. The molecule has 7 heteroatoms. The molecule has 0 aromatic rings. The molecule has 1 saturated carbocycles. The number of hydrogen-bond donors (Lipinski definition) is 1. The van der Waals surface area contributed by atoms with Crippen molar-refractivity contribution in [3.05, 3.63) is 0 Å². The molecule has 0 radical (unpaired) electrons. The van der Waals surface area contributed by atoms with Gasteiger partial charge in [0.2, 0.25) is 5.91 Å². The maximum atomic E-state index is 12.7. The van der Waals surface area contributed by atoms with Crippen LogP contribution < -0.4 is 0 Å². The minimum absolute atomic E-state index is 0.100. The lowest BCUT2D eigenvalue weighted by Gasteiger charge is -2.38. The number of hydrogen-bond acceptors (Lipinski definition) is 5. The van der Waals surface area contributed by atoms with Crippen molar-refractivity contribution in [1.29, 1.82) is 0 Å². The summed E-state index contributed by atoms with van der Waals surface area (Å²) in [6.07, 6.45) is 2.73. The molecule has 3 atom stereocenters. The quantitative estimate of drug-likeness (QED) is 0.752. The molecule has 1 amide bonds. The van der Waals surface area contributed by atoms with Crippen LogP contribution in [0.3, 0.4) is 0 Å². The number of esters is 1. The first-order chi connectivity index (χ1) is 10.1. The molecule has 1 N–H and O–H groups in total. The number of carbonyl (C=O) groups excluding carboxylic acids is 2. The lowest BCUT2D eigenvalue weighted by atomic mass is 9.78. The van der Waals surface area contributed by atoms with Crippen molar-refractivity contribution < 1.29 is 29.0 Å². The summed E-state index contributed by atoms with van der Waals surface area (Å²) in [6, 6.07) is -0.771. The van der Waals surface area contributed by atoms with Gasteiger partial charge < -0.3 is 19.5 Å². The van der Waals surface area contributed by atoms with Crippen LogP contribution in [0, 0.1) is 11.8 Å². The van der Waals surface area contributed by atoms with Crippen LogP contribution in [0.5, 0.6) is 0 Å². The summed E-state index contributed by atoms with van der Waals surface area (Å²) >= 11 is 0. The van der Waals surface area contributed by atoms with Gasteiger partial charge in [0.15, 0.2) is 6.04 Å². The summed E-state index contributed by atoms with van der Waals surface area (Å²) in [5.74, 6) is -2.93. The first kappa shape index (κ1) is 15.8. The molecule has 2 fully saturated rings. The zero-order valence-electron chi connectivity index (χ0n) is 12.1. The number of morpholine rings is 1. The number of carbonyl (C=O) groups is 3. The number of methoxy groups -OCH3 is 1. The number of aliphatic carboxylic acids is 1. The van der Waals surface area contributed by atoms with Crippen LogP contribution in [0.15, 0.2) is 0 Å². The van der Waals surface area contributed by atoms with Crippen LogP contribution in [0.4, 0.5) is 0 Å². The van der Waals surface area contributed by atoms with Gasteiger partial charge in [-0.1, -0.05) is 12.8 Å². The summed E-state index contributed by atoms with van der Waals surface area (Å²) in [4.78, 5) is 37.2. The van der Waals surface area contributed by atoms with Crippen molar-refractivity contribution in [2.75, 3.05) is 26.9 Å². The normalized spacial score (nSPS) is 29.8. The van der Waals surface area contributed by atoms with E-state index in [1.165, 1.54) is 12.0 Å². The van der Waals surface area contributed by atoms with Crippen molar-refractivity contribution in [3.8, 4) is 0 Å². The largest absolute Gasteiger partial charge is 0.481 e. The molecule has 118 valence electrons. The lowest BCUT2D eigenvalue weighted by molar-refractivity contribution is -0.165. The Morgan fingerprint density at radius 2 is 1.86 bits per heavy atom. The monoisotopic (exact) mass is 299 g/mol. The fourth-order valence-corrected chi connectivity index (χ4v) is 3.13. The summed E-state index contributed by atoms with van der Waals surface area (Å²) in [5, 5.41) is 9.29. The van der Waals surface area contributed by atoms with E-state index in [0.29, 0.717) is 26.0 Å². The average molecular weight is 299 g/mol. The first-order valence-corrected chi connectivity index (χ1v) is 7.25. The van der Waals surface area contributed by atoms with E-state index < -0.39 is 29.8 Å². The van der Waals surface area contributed by atoms with Gasteiger partial charge in [-0.25, -0.2) is 4.79 Å². The summed E-state index contributed by atoms with van der Waals surface area (Å²) in [6.45, 7) is 0.744. The SMILES string of the molecule is COC(=O)C1COCCN1C(=O)[C@@H]1CCCC[C@@H]1C(=O)O. The molecule has 21 heavy (non-hydrogen) atoms. The maximum Gasteiger partial charge on any atom is 0.331 e. The minimum atomic E-state index is -0.934. The number of rotatable bonds is 3. The van der Waals surface area contributed by atoms with Crippen LogP contribution in [0.1, 0.15) is 25.7 Å². The van der Waals surface area contributed by atoms with Gasteiger partial charge in [-0.15, -0.1) is 0 Å². The molecule has 0 aromatic heterocycles. The Labute approximate surface area is 123 Å². The van der Waals surface area contributed by atoms with Gasteiger partial charge in [0.05, 0.1) is 32.2 Å². The molecule has 0 bridgehead atoms. The van der Waals surface area contributed by atoms with Gasteiger partial charge in [-0.3, -0.25) is 9.59 Å². The van der Waals surface area contributed by atoms with Gasteiger partial charge in [0.1, 0.15) is 0 Å². The number of nitrogens with zero attached hydrogens (tertiary/aromatic N) is 1. The van der Waals surface area contributed by atoms with E-state index in [9.17, 15) is 19.5 Å². The van der Waals surface area contributed by atoms with Crippen LogP contribution in [-0.2, 0) is 23.9 Å². The Balaban J connectivity index is 2.15. The molecule has 7 nitrogen and oxygen atoms in total. The van der Waals surface area contributed by atoms with Crippen LogP contribution in [-0.4, -0.2) is 60.8 Å². The van der Waals surface area contributed by atoms with Crippen molar-refractivity contribution in [2.24, 2.45) is 11.8 Å². The molecule has 1 unspecified atom stereocenters. The predicted octanol–water partition coefficient (Wildman–Crippen LogP) is 0.278. The minimum Gasteiger partial charge on any atom is -0.481 e. The number of amides is 1. The Morgan fingerprint density at radius 3 is 2.48 bits per heavy atom. The lowest BCUT2D eigenvalue weighted by Crippen LogP contribution is -2.56. The van der Waals surface area contributed by atoms with Gasteiger partial charge >= 0.3 is 11.9 Å². The maximum absolute atomic E-state index is 12.7. The van der Waals surface area contributed by atoms with E-state index >= 15 is 0 Å². The fourth-order valence-electron chi connectivity index (χ4n) is 3.13. The highest BCUT2D eigenvalue weighted by atomic mass is 16.5. The Hall–Kier alpha value is -1.63. The van der Waals surface area contributed by atoms with Gasteiger partial charge in [-0.2, -0.15) is 0 Å². The zero-order valence-corrected chi connectivity index (χ0v) is 12.1. The third-order valence-electron chi connectivity index (χ3n) is 4.29. The van der Waals surface area contributed by atoms with Gasteiger partial charge in [-0.05, 0) is 12.8 Å². The van der Waals surface area contributed by atoms with Crippen LogP contribution >= 0.6 is 0 Å². The third kappa shape index (κ3) is 3.34. The molecule has 1 saturated heterocycles. The number of carboxylic acids is 1. The van der Waals surface area contributed by atoms with E-state index in [-0.39, 0.29) is 12.5 Å². The smallest absolute Gasteiger partial charge is 0.331 e. The highest BCUT2D eigenvalue weighted by Crippen LogP contribution is 2.32. The predicted molar refractivity (Wildman–Crippen MR) is 71.4 cm³/mol. The van der Waals surface area contributed by atoms with Crippen LogP contribution in [0.2, 0.25) is 0 Å². The number of carboxylic acid groups (broad SMARTS) is 1. The third-order valence-corrected chi connectivity index (χ3v) is 4.29. The second-order valence-corrected chi connectivity index (χ2v) is 5.48. The summed E-state index contributed by atoms with van der Waals surface area (Å²) in [7, 11) is 1.26. The highest BCUT2D eigenvalue weighted by molar-refractivity contribution is 5.89. The Morgan fingerprint density at radius 1 is 1.19 bits per heavy atom. The summed E-state index contributed by atoms with van der Waals surface area (Å²) < 4.78 is 9.94. The number of ether oxygens (including phenoxy) is 2. The van der Waals surface area contributed by atoms with Crippen LogP contribution in [0.25, 0.3) is 0 Å². The highest BCUT2D eigenvalue weighted by Gasteiger charge is 2.42. The molecule has 2 aliphatic rings. The van der Waals surface area contributed by atoms with E-state index in [4.69, 9.17) is 9.47 Å². The molecule has 1 aliphatic carbocycles. The van der Waals surface area contributed by atoms with Crippen molar-refractivity contribution in [3.63, 3.8) is 0 Å². The zero-order chi connectivity index (χ0) is 15.4. The van der Waals surface area contributed by atoms with E-state index in [1.54, 1.807) is 0 Å². The Kier molecular flexibility index (Phi) is 5.17. The van der Waals surface area contributed by atoms with E-state index in [0.717, 1.165) is 12.8 Å². The average Bonchev–Trinajstić information content (AvgIpc) is 2.53. The molecular weight excluding hydrogens is 278 g/mol.